The number of halogens is 1. The summed E-state index contributed by atoms with van der Waals surface area (Å²) in [5.41, 5.74) is 7.38. The molecule has 7 rings (SSSR count). The third-order valence-corrected chi connectivity index (χ3v) is 8.80. The standard InChI is InChI=1S/C32H22BrNO3S/c1-18-7-9-20(10-8-18)31-28-27(23-17-21(33)13-16-25(23)37-31)29(30(35)19-11-14-22(36-2)15-12-19)34-24-5-3-4-6-26(24)38-32(28)34/h3-17,31H,1-2H3/t31-/m0/s1. The van der Waals surface area contributed by atoms with Crippen molar-refractivity contribution in [1.82, 2.24) is 4.40 Å². The number of hydrogen-bond acceptors (Lipinski definition) is 4. The molecule has 6 heteroatoms. The van der Waals surface area contributed by atoms with E-state index >= 15 is 0 Å². The van der Waals surface area contributed by atoms with E-state index in [0.29, 0.717) is 17.0 Å². The number of aryl methyl sites for hydroxylation is 1. The van der Waals surface area contributed by atoms with Crippen LogP contribution in [0.2, 0.25) is 0 Å². The van der Waals surface area contributed by atoms with Crippen molar-refractivity contribution in [2.24, 2.45) is 0 Å². The largest absolute Gasteiger partial charge is 0.497 e. The number of methoxy groups -OCH3 is 1. The van der Waals surface area contributed by atoms with E-state index in [1.807, 2.05) is 48.5 Å². The highest BCUT2D eigenvalue weighted by Gasteiger charge is 2.37. The number of nitrogens with zero attached hydrogens (tertiary/aromatic N) is 1. The fraction of sp³-hybridized carbons (Fsp3) is 0.0938. The second-order valence-electron chi connectivity index (χ2n) is 9.45. The summed E-state index contributed by atoms with van der Waals surface area (Å²) in [6.45, 7) is 2.08. The van der Waals surface area contributed by atoms with Crippen molar-refractivity contribution < 1.29 is 14.3 Å². The first kappa shape index (κ1) is 23.3. The van der Waals surface area contributed by atoms with Gasteiger partial charge in [0.15, 0.2) is 6.10 Å². The zero-order valence-corrected chi connectivity index (χ0v) is 23.1. The van der Waals surface area contributed by atoms with Crippen molar-refractivity contribution in [1.29, 1.82) is 0 Å². The number of carbonyl (C=O) groups excluding carboxylic acids is 1. The van der Waals surface area contributed by atoms with Gasteiger partial charge >= 0.3 is 0 Å². The lowest BCUT2D eigenvalue weighted by Gasteiger charge is -2.28. The average molecular weight is 581 g/mol. The Balaban J connectivity index is 1.60. The van der Waals surface area contributed by atoms with Gasteiger partial charge in [0.2, 0.25) is 5.78 Å². The fourth-order valence-corrected chi connectivity index (χ4v) is 6.88. The second-order valence-corrected chi connectivity index (χ2v) is 11.4. The van der Waals surface area contributed by atoms with E-state index in [2.05, 4.69) is 69.7 Å². The van der Waals surface area contributed by atoms with Crippen molar-refractivity contribution in [3.63, 3.8) is 0 Å². The lowest BCUT2D eigenvalue weighted by molar-refractivity contribution is 0.103. The predicted molar refractivity (Wildman–Crippen MR) is 156 cm³/mol. The zero-order chi connectivity index (χ0) is 26.0. The summed E-state index contributed by atoms with van der Waals surface area (Å²) in [7, 11) is 1.63. The maximum Gasteiger partial charge on any atom is 0.210 e. The van der Waals surface area contributed by atoms with E-state index in [4.69, 9.17) is 9.47 Å². The van der Waals surface area contributed by atoms with Crippen molar-refractivity contribution in [3.05, 3.63) is 123 Å². The van der Waals surface area contributed by atoms with E-state index in [0.717, 1.165) is 47.5 Å². The van der Waals surface area contributed by atoms with Gasteiger partial charge in [0.1, 0.15) is 22.0 Å². The van der Waals surface area contributed by atoms with Gasteiger partial charge in [0.25, 0.3) is 0 Å². The molecular weight excluding hydrogens is 558 g/mol. The minimum Gasteiger partial charge on any atom is -0.497 e. The molecule has 6 aromatic rings. The van der Waals surface area contributed by atoms with Crippen LogP contribution in [0.5, 0.6) is 11.5 Å². The zero-order valence-electron chi connectivity index (χ0n) is 20.7. The van der Waals surface area contributed by atoms with Gasteiger partial charge < -0.3 is 9.47 Å². The summed E-state index contributed by atoms with van der Waals surface area (Å²) in [5, 5.41) is 0. The molecule has 38 heavy (non-hydrogen) atoms. The topological polar surface area (TPSA) is 39.9 Å². The molecule has 1 aliphatic rings. The van der Waals surface area contributed by atoms with E-state index in [-0.39, 0.29) is 11.9 Å². The first-order valence-electron chi connectivity index (χ1n) is 12.3. The number of hydrogen-bond donors (Lipinski definition) is 0. The lowest BCUT2D eigenvalue weighted by Crippen LogP contribution is -2.16. The highest BCUT2D eigenvalue weighted by atomic mass is 79.9. The predicted octanol–water partition coefficient (Wildman–Crippen LogP) is 8.61. The molecule has 0 fully saturated rings. The number of ketones is 1. The smallest absolute Gasteiger partial charge is 0.210 e. The van der Waals surface area contributed by atoms with Gasteiger partial charge in [0, 0.05) is 26.7 Å². The maximum absolute atomic E-state index is 14.4. The molecule has 0 saturated heterocycles. The van der Waals surface area contributed by atoms with Crippen LogP contribution in [-0.4, -0.2) is 17.3 Å². The maximum atomic E-state index is 14.4. The van der Waals surface area contributed by atoms with Crippen LogP contribution in [0, 0.1) is 6.92 Å². The van der Waals surface area contributed by atoms with Gasteiger partial charge in [-0.3, -0.25) is 9.20 Å². The van der Waals surface area contributed by atoms with Gasteiger partial charge in [-0.25, -0.2) is 0 Å². The van der Waals surface area contributed by atoms with Gasteiger partial charge in [-0.1, -0.05) is 57.9 Å². The van der Waals surface area contributed by atoms with Crippen LogP contribution >= 0.6 is 27.3 Å². The summed E-state index contributed by atoms with van der Waals surface area (Å²) >= 11 is 5.34. The Kier molecular flexibility index (Phi) is 5.42. The number of fused-ring (bicyclic) bond motifs is 7. The first-order chi connectivity index (χ1) is 18.5. The Hall–Kier alpha value is -3.87. The molecule has 3 heterocycles. The molecule has 0 N–H and O–H groups in total. The Morgan fingerprint density at radius 3 is 2.50 bits per heavy atom. The summed E-state index contributed by atoms with van der Waals surface area (Å²) < 4.78 is 16.2. The minimum absolute atomic E-state index is 0.0389. The SMILES string of the molecule is COc1ccc(C(=O)c2c3c(c4sc5ccccc5n24)[C@H](c2ccc(C)cc2)Oc2ccc(Br)cc2-3)cc1. The Morgan fingerprint density at radius 2 is 1.74 bits per heavy atom. The average Bonchev–Trinajstić information content (AvgIpc) is 3.48. The molecule has 0 radical (unpaired) electrons. The van der Waals surface area contributed by atoms with E-state index in [1.165, 1.54) is 5.56 Å². The van der Waals surface area contributed by atoms with Crippen LogP contribution in [0.25, 0.3) is 26.2 Å². The third kappa shape index (κ3) is 3.51. The molecule has 186 valence electrons. The lowest BCUT2D eigenvalue weighted by atomic mass is 9.89. The number of rotatable bonds is 4. The highest BCUT2D eigenvalue weighted by Crippen LogP contribution is 2.52. The molecule has 0 unspecified atom stereocenters. The van der Waals surface area contributed by atoms with Gasteiger partial charge in [-0.2, -0.15) is 0 Å². The molecule has 4 aromatic carbocycles. The summed E-state index contributed by atoms with van der Waals surface area (Å²) in [5.74, 6) is 1.44. The number of thiazole rings is 1. The van der Waals surface area contributed by atoms with Gasteiger partial charge in [0.05, 0.1) is 17.3 Å². The number of ether oxygens (including phenoxy) is 2. The molecule has 0 amide bonds. The Bertz CT molecular complexity index is 1870. The van der Waals surface area contributed by atoms with Crippen LogP contribution in [0.1, 0.15) is 38.8 Å². The van der Waals surface area contributed by atoms with Crippen LogP contribution in [0.15, 0.2) is 95.5 Å². The Labute approximate surface area is 232 Å². The molecule has 0 spiro atoms. The number of benzene rings is 4. The number of para-hydroxylation sites is 1. The molecule has 2 aromatic heterocycles. The molecule has 4 nitrogen and oxygen atoms in total. The van der Waals surface area contributed by atoms with Crippen LogP contribution in [-0.2, 0) is 0 Å². The Morgan fingerprint density at radius 1 is 0.974 bits per heavy atom. The van der Waals surface area contributed by atoms with Gasteiger partial charge in [-0.05, 0) is 67.1 Å². The molecule has 1 atom stereocenters. The minimum atomic E-state index is -0.347. The van der Waals surface area contributed by atoms with Crippen molar-refractivity contribution in [3.8, 4) is 22.6 Å². The molecule has 1 aliphatic heterocycles. The monoisotopic (exact) mass is 579 g/mol. The molecule has 0 saturated carbocycles. The van der Waals surface area contributed by atoms with Crippen LogP contribution < -0.4 is 9.47 Å². The van der Waals surface area contributed by atoms with E-state index in [9.17, 15) is 4.79 Å². The summed E-state index contributed by atoms with van der Waals surface area (Å²) in [4.78, 5) is 15.4. The molecular formula is C32H22BrNO3S. The van der Waals surface area contributed by atoms with E-state index in [1.54, 1.807) is 18.4 Å². The van der Waals surface area contributed by atoms with Crippen LogP contribution in [0.3, 0.4) is 0 Å². The summed E-state index contributed by atoms with van der Waals surface area (Å²) in [6, 6.07) is 30.1. The van der Waals surface area contributed by atoms with E-state index < -0.39 is 0 Å². The fourth-order valence-electron chi connectivity index (χ4n) is 5.30. The van der Waals surface area contributed by atoms with Gasteiger partial charge in [-0.15, -0.1) is 11.3 Å². The normalized spacial score (nSPS) is 14.2. The van der Waals surface area contributed by atoms with Crippen LogP contribution in [0.4, 0.5) is 0 Å². The number of aromatic nitrogens is 1. The quantitative estimate of drug-likeness (QED) is 0.196. The van der Waals surface area contributed by atoms with Crippen molar-refractivity contribution in [2.75, 3.05) is 7.11 Å². The number of carbonyl (C=O) groups is 1. The molecule has 0 bridgehead atoms. The first-order valence-corrected chi connectivity index (χ1v) is 13.9. The van der Waals surface area contributed by atoms with Crippen molar-refractivity contribution >= 4 is 48.1 Å². The second kappa shape index (κ2) is 8.86. The summed E-state index contributed by atoms with van der Waals surface area (Å²) in [6.07, 6.45) is -0.347. The third-order valence-electron chi connectivity index (χ3n) is 7.14. The highest BCUT2D eigenvalue weighted by molar-refractivity contribution is 9.10. The molecule has 0 aliphatic carbocycles. The van der Waals surface area contributed by atoms with Crippen molar-refractivity contribution in [2.45, 2.75) is 13.0 Å².